The Bertz CT molecular complexity index is 760. The van der Waals surface area contributed by atoms with E-state index in [4.69, 9.17) is 9.26 Å². The molecule has 2 aromatic heterocycles. The molecule has 0 bridgehead atoms. The van der Waals surface area contributed by atoms with Crippen LogP contribution in [0.4, 0.5) is 11.5 Å². The molecular formula is C19H26N4O3. The predicted molar refractivity (Wildman–Crippen MR) is 99.7 cm³/mol. The zero-order valence-electron chi connectivity index (χ0n) is 15.9. The Hall–Kier alpha value is -2.41. The summed E-state index contributed by atoms with van der Waals surface area (Å²) in [6, 6.07) is 3.78. The summed E-state index contributed by atoms with van der Waals surface area (Å²) in [6.45, 7) is 11.4. The van der Waals surface area contributed by atoms with Crippen LogP contribution < -0.4 is 10.2 Å². The number of carbonyl (C=O) groups excluding carboxylic acids is 1. The number of aromatic nitrogens is 2. The van der Waals surface area contributed by atoms with E-state index in [1.807, 2.05) is 26.0 Å². The third kappa shape index (κ3) is 3.88. The van der Waals surface area contributed by atoms with Crippen LogP contribution in [0.3, 0.4) is 0 Å². The maximum absolute atomic E-state index is 12.6. The molecule has 1 N–H and O–H groups in total. The second kappa shape index (κ2) is 7.45. The highest BCUT2D eigenvalue weighted by Crippen LogP contribution is 2.24. The fraction of sp³-hybridized carbons (Fsp3) is 0.526. The molecule has 1 aliphatic heterocycles. The van der Waals surface area contributed by atoms with E-state index in [1.165, 1.54) is 0 Å². The number of anilines is 2. The smallest absolute Gasteiger partial charge is 0.261 e. The van der Waals surface area contributed by atoms with Crippen LogP contribution in [0.1, 0.15) is 55.4 Å². The fourth-order valence-corrected chi connectivity index (χ4v) is 3.26. The molecule has 3 rings (SSSR count). The maximum atomic E-state index is 12.6. The predicted octanol–water partition coefficient (Wildman–Crippen LogP) is 3.37. The van der Waals surface area contributed by atoms with Crippen molar-refractivity contribution in [2.24, 2.45) is 0 Å². The van der Waals surface area contributed by atoms with Crippen LogP contribution in [0.25, 0.3) is 0 Å². The first kappa shape index (κ1) is 18.4. The molecule has 26 heavy (non-hydrogen) atoms. The molecule has 2 unspecified atom stereocenters. The minimum atomic E-state index is -0.226. The molecule has 0 aliphatic carbocycles. The minimum Gasteiger partial charge on any atom is -0.372 e. The van der Waals surface area contributed by atoms with Gasteiger partial charge in [-0.2, -0.15) is 0 Å². The van der Waals surface area contributed by atoms with Gasteiger partial charge in [0, 0.05) is 19.0 Å². The lowest BCUT2D eigenvalue weighted by atomic mass is 10.0. The molecule has 7 heteroatoms. The SMILES string of the molecule is Cc1noc(C(C)C)c1C(=O)Nc1ccc(N2CC(C)OC(C)C2)nc1. The average molecular weight is 358 g/mol. The van der Waals surface area contributed by atoms with Gasteiger partial charge >= 0.3 is 0 Å². The van der Waals surface area contributed by atoms with Gasteiger partial charge in [0.05, 0.1) is 29.8 Å². The van der Waals surface area contributed by atoms with Crippen molar-refractivity contribution in [3.8, 4) is 0 Å². The number of morpholine rings is 1. The molecule has 1 amide bonds. The van der Waals surface area contributed by atoms with Gasteiger partial charge in [0.2, 0.25) is 0 Å². The lowest BCUT2D eigenvalue weighted by Gasteiger charge is -2.36. The number of carbonyl (C=O) groups is 1. The van der Waals surface area contributed by atoms with Crippen molar-refractivity contribution in [1.82, 2.24) is 10.1 Å². The highest BCUT2D eigenvalue weighted by Gasteiger charge is 2.24. The molecule has 2 aromatic rings. The highest BCUT2D eigenvalue weighted by atomic mass is 16.5. The molecule has 7 nitrogen and oxygen atoms in total. The van der Waals surface area contributed by atoms with Crippen LogP contribution in [-0.2, 0) is 4.74 Å². The summed E-state index contributed by atoms with van der Waals surface area (Å²) in [7, 11) is 0. The number of rotatable bonds is 4. The van der Waals surface area contributed by atoms with Crippen molar-refractivity contribution in [3.63, 3.8) is 0 Å². The Morgan fingerprint density at radius 2 is 1.96 bits per heavy atom. The summed E-state index contributed by atoms with van der Waals surface area (Å²) >= 11 is 0. The lowest BCUT2D eigenvalue weighted by molar-refractivity contribution is -0.00545. The van der Waals surface area contributed by atoms with E-state index in [0.717, 1.165) is 18.9 Å². The molecule has 140 valence electrons. The third-order valence-electron chi connectivity index (χ3n) is 4.39. The Balaban J connectivity index is 1.72. The summed E-state index contributed by atoms with van der Waals surface area (Å²) < 4.78 is 11.0. The van der Waals surface area contributed by atoms with E-state index in [1.54, 1.807) is 13.1 Å². The zero-order chi connectivity index (χ0) is 18.8. The molecule has 1 fully saturated rings. The van der Waals surface area contributed by atoms with Crippen molar-refractivity contribution in [2.45, 2.75) is 52.7 Å². The van der Waals surface area contributed by atoms with Gasteiger partial charge in [-0.1, -0.05) is 19.0 Å². The van der Waals surface area contributed by atoms with Crippen molar-refractivity contribution in [1.29, 1.82) is 0 Å². The van der Waals surface area contributed by atoms with Crippen molar-refractivity contribution in [2.75, 3.05) is 23.3 Å². The number of amides is 1. The zero-order valence-corrected chi connectivity index (χ0v) is 15.9. The molecule has 0 spiro atoms. The van der Waals surface area contributed by atoms with Crippen LogP contribution in [0.5, 0.6) is 0 Å². The summed E-state index contributed by atoms with van der Waals surface area (Å²) in [6.07, 6.45) is 2.02. The van der Waals surface area contributed by atoms with Crippen LogP contribution in [0.2, 0.25) is 0 Å². The quantitative estimate of drug-likeness (QED) is 0.902. The third-order valence-corrected chi connectivity index (χ3v) is 4.39. The van der Waals surface area contributed by atoms with Crippen LogP contribution in [0, 0.1) is 6.92 Å². The average Bonchev–Trinajstić information content (AvgIpc) is 2.96. The Morgan fingerprint density at radius 1 is 1.27 bits per heavy atom. The summed E-state index contributed by atoms with van der Waals surface area (Å²) in [5.41, 5.74) is 1.73. The van der Waals surface area contributed by atoms with E-state index in [-0.39, 0.29) is 24.0 Å². The Labute approximate surface area is 153 Å². The number of ether oxygens (including phenoxy) is 1. The van der Waals surface area contributed by atoms with Gasteiger partial charge < -0.3 is 19.5 Å². The molecule has 3 heterocycles. The minimum absolute atomic E-state index is 0.0859. The van der Waals surface area contributed by atoms with Crippen LogP contribution in [0.15, 0.2) is 22.9 Å². The molecule has 0 radical (unpaired) electrons. The first-order valence-corrected chi connectivity index (χ1v) is 8.99. The van der Waals surface area contributed by atoms with E-state index in [9.17, 15) is 4.79 Å². The number of hydrogen-bond acceptors (Lipinski definition) is 6. The molecule has 1 saturated heterocycles. The van der Waals surface area contributed by atoms with Gasteiger partial charge in [-0.25, -0.2) is 4.98 Å². The lowest BCUT2D eigenvalue weighted by Crippen LogP contribution is -2.45. The monoisotopic (exact) mass is 358 g/mol. The van der Waals surface area contributed by atoms with Crippen molar-refractivity contribution in [3.05, 3.63) is 35.3 Å². The molecular weight excluding hydrogens is 332 g/mol. The van der Waals surface area contributed by atoms with Crippen LogP contribution in [-0.4, -0.2) is 41.3 Å². The molecule has 0 saturated carbocycles. The summed E-state index contributed by atoms with van der Waals surface area (Å²) in [5, 5.41) is 6.80. The normalized spacial score (nSPS) is 20.5. The van der Waals surface area contributed by atoms with E-state index < -0.39 is 0 Å². The fourth-order valence-electron chi connectivity index (χ4n) is 3.26. The Kier molecular flexibility index (Phi) is 5.27. The van der Waals surface area contributed by atoms with Gasteiger partial charge in [0.15, 0.2) is 5.76 Å². The van der Waals surface area contributed by atoms with Crippen LogP contribution >= 0.6 is 0 Å². The van der Waals surface area contributed by atoms with Gasteiger partial charge in [0.25, 0.3) is 5.91 Å². The second-order valence-corrected chi connectivity index (χ2v) is 7.18. The van der Waals surface area contributed by atoms with Gasteiger partial charge in [0.1, 0.15) is 11.4 Å². The number of pyridine rings is 1. The van der Waals surface area contributed by atoms with Gasteiger partial charge in [-0.05, 0) is 32.9 Å². The van der Waals surface area contributed by atoms with Gasteiger partial charge in [-0.3, -0.25) is 4.79 Å². The largest absolute Gasteiger partial charge is 0.372 e. The van der Waals surface area contributed by atoms with Crippen molar-refractivity contribution >= 4 is 17.4 Å². The van der Waals surface area contributed by atoms with E-state index >= 15 is 0 Å². The molecule has 2 atom stereocenters. The first-order chi connectivity index (χ1) is 12.3. The summed E-state index contributed by atoms with van der Waals surface area (Å²) in [5.74, 6) is 1.34. The number of aryl methyl sites for hydroxylation is 1. The standard InChI is InChI=1S/C19H26N4O3/c1-11(2)18-17(14(5)22-26-18)19(24)21-15-6-7-16(20-8-15)23-9-12(3)25-13(4)10-23/h6-8,11-13H,9-10H2,1-5H3,(H,21,24). The topological polar surface area (TPSA) is 80.5 Å². The van der Waals surface area contributed by atoms with Gasteiger partial charge in [-0.15, -0.1) is 0 Å². The maximum Gasteiger partial charge on any atom is 0.261 e. The summed E-state index contributed by atoms with van der Waals surface area (Å²) in [4.78, 5) is 19.3. The van der Waals surface area contributed by atoms with E-state index in [2.05, 4.69) is 34.2 Å². The number of nitrogens with one attached hydrogen (secondary N) is 1. The van der Waals surface area contributed by atoms with Crippen molar-refractivity contribution < 1.29 is 14.1 Å². The number of nitrogens with zero attached hydrogens (tertiary/aromatic N) is 3. The molecule has 1 aliphatic rings. The molecule has 0 aromatic carbocycles. The highest BCUT2D eigenvalue weighted by molar-refractivity contribution is 6.05. The Morgan fingerprint density at radius 3 is 2.54 bits per heavy atom. The van der Waals surface area contributed by atoms with E-state index in [0.29, 0.717) is 22.7 Å². The first-order valence-electron chi connectivity index (χ1n) is 8.99. The second-order valence-electron chi connectivity index (χ2n) is 7.18. The number of hydrogen-bond donors (Lipinski definition) is 1.